The Kier molecular flexibility index (Phi) is 7.15. The molecule has 1 saturated carbocycles. The zero-order valence-corrected chi connectivity index (χ0v) is 20.5. The van der Waals surface area contributed by atoms with E-state index in [4.69, 9.17) is 4.74 Å². The summed E-state index contributed by atoms with van der Waals surface area (Å²) in [6.07, 6.45) is 1.53. The van der Waals surface area contributed by atoms with E-state index in [0.29, 0.717) is 19.3 Å². The van der Waals surface area contributed by atoms with Crippen molar-refractivity contribution in [3.8, 4) is 11.1 Å². The number of carbonyl (C=O) groups excluding carboxylic acids is 2. The van der Waals surface area contributed by atoms with Crippen LogP contribution in [0.25, 0.3) is 11.1 Å². The van der Waals surface area contributed by atoms with Gasteiger partial charge >= 0.3 is 12.1 Å². The van der Waals surface area contributed by atoms with Gasteiger partial charge in [0.25, 0.3) is 0 Å². The molecule has 0 heterocycles. The number of alkyl carbamates (subject to hydrolysis) is 1. The van der Waals surface area contributed by atoms with Crippen LogP contribution < -0.4 is 10.6 Å². The molecule has 4 rings (SSSR count). The van der Waals surface area contributed by atoms with Crippen LogP contribution in [0.3, 0.4) is 0 Å². The third-order valence-electron chi connectivity index (χ3n) is 6.83. The number of amides is 2. The molecule has 2 amide bonds. The monoisotopic (exact) mass is 478 g/mol. The van der Waals surface area contributed by atoms with Gasteiger partial charge in [-0.2, -0.15) is 0 Å². The van der Waals surface area contributed by atoms with Gasteiger partial charge in [-0.3, -0.25) is 4.79 Å². The van der Waals surface area contributed by atoms with Crippen molar-refractivity contribution in [1.82, 2.24) is 10.6 Å². The third-order valence-corrected chi connectivity index (χ3v) is 6.83. The second-order valence-electron chi connectivity index (χ2n) is 10.9. The SMILES string of the molecule is CC(C)(C)CC(NC(=O)CC1CC(NC(=O)OCC2c3ccccc3-c3ccccc32)C1)C(=O)O. The molecule has 0 saturated heterocycles. The Morgan fingerprint density at radius 1 is 1.00 bits per heavy atom. The minimum absolute atomic E-state index is 0.0151. The van der Waals surface area contributed by atoms with E-state index in [1.165, 1.54) is 22.3 Å². The number of nitrogens with one attached hydrogen (secondary N) is 2. The fraction of sp³-hybridized carbons (Fsp3) is 0.464. The maximum atomic E-state index is 12.4. The number of carboxylic acids is 1. The van der Waals surface area contributed by atoms with E-state index >= 15 is 0 Å². The summed E-state index contributed by atoms with van der Waals surface area (Å²) in [5, 5.41) is 14.9. The van der Waals surface area contributed by atoms with E-state index < -0.39 is 18.1 Å². The zero-order chi connectivity index (χ0) is 25.2. The second kappa shape index (κ2) is 10.1. The summed E-state index contributed by atoms with van der Waals surface area (Å²) in [6, 6.07) is 15.5. The molecule has 0 aliphatic heterocycles. The Morgan fingerprint density at radius 2 is 1.57 bits per heavy atom. The lowest BCUT2D eigenvalue weighted by molar-refractivity contribution is -0.143. The first-order valence-corrected chi connectivity index (χ1v) is 12.2. The predicted octanol–water partition coefficient (Wildman–Crippen LogP) is 4.70. The lowest BCUT2D eigenvalue weighted by Gasteiger charge is -2.35. The molecule has 2 aliphatic carbocycles. The summed E-state index contributed by atoms with van der Waals surface area (Å²) in [4.78, 5) is 36.2. The number of benzene rings is 2. The highest BCUT2D eigenvalue weighted by Crippen LogP contribution is 2.44. The largest absolute Gasteiger partial charge is 0.480 e. The summed E-state index contributed by atoms with van der Waals surface area (Å²) in [7, 11) is 0. The molecule has 3 N–H and O–H groups in total. The number of hydrogen-bond acceptors (Lipinski definition) is 4. The number of hydrogen-bond donors (Lipinski definition) is 3. The van der Waals surface area contributed by atoms with Gasteiger partial charge in [0.2, 0.25) is 5.91 Å². The molecule has 0 bridgehead atoms. The predicted molar refractivity (Wildman–Crippen MR) is 133 cm³/mol. The first-order chi connectivity index (χ1) is 16.6. The molecule has 2 aliphatic rings. The van der Waals surface area contributed by atoms with E-state index in [9.17, 15) is 19.5 Å². The second-order valence-corrected chi connectivity index (χ2v) is 10.9. The first kappa shape index (κ1) is 24.8. The molecule has 2 aromatic rings. The quantitative estimate of drug-likeness (QED) is 0.510. The molecular formula is C28H34N2O5. The Labute approximate surface area is 206 Å². The zero-order valence-electron chi connectivity index (χ0n) is 20.5. The maximum Gasteiger partial charge on any atom is 0.407 e. The van der Waals surface area contributed by atoms with Gasteiger partial charge in [0.1, 0.15) is 12.6 Å². The molecule has 0 radical (unpaired) electrons. The van der Waals surface area contributed by atoms with Crippen molar-refractivity contribution in [2.24, 2.45) is 11.3 Å². The minimum Gasteiger partial charge on any atom is -0.480 e. The van der Waals surface area contributed by atoms with Gasteiger partial charge in [-0.1, -0.05) is 69.3 Å². The average molecular weight is 479 g/mol. The van der Waals surface area contributed by atoms with Crippen LogP contribution in [0.2, 0.25) is 0 Å². The smallest absolute Gasteiger partial charge is 0.407 e. The third kappa shape index (κ3) is 6.02. The molecule has 35 heavy (non-hydrogen) atoms. The van der Waals surface area contributed by atoms with Crippen LogP contribution in [-0.4, -0.2) is 41.8 Å². The van der Waals surface area contributed by atoms with Gasteiger partial charge in [-0.25, -0.2) is 9.59 Å². The van der Waals surface area contributed by atoms with Gasteiger partial charge in [-0.05, 0) is 52.8 Å². The van der Waals surface area contributed by atoms with Gasteiger partial charge in [0.15, 0.2) is 0 Å². The summed E-state index contributed by atoms with van der Waals surface area (Å²) in [5.74, 6) is -1.14. The highest BCUT2D eigenvalue weighted by molar-refractivity contribution is 5.83. The fourth-order valence-corrected chi connectivity index (χ4v) is 5.15. The summed E-state index contributed by atoms with van der Waals surface area (Å²) in [5.41, 5.74) is 4.50. The number of carbonyl (C=O) groups is 3. The van der Waals surface area contributed by atoms with Crippen molar-refractivity contribution in [2.75, 3.05) is 6.61 Å². The highest BCUT2D eigenvalue weighted by atomic mass is 16.5. The van der Waals surface area contributed by atoms with Gasteiger partial charge in [0, 0.05) is 18.4 Å². The molecule has 7 heteroatoms. The Hall–Kier alpha value is -3.35. The van der Waals surface area contributed by atoms with Crippen LogP contribution in [-0.2, 0) is 14.3 Å². The normalized spacial score (nSPS) is 19.6. The van der Waals surface area contributed by atoms with E-state index in [1.807, 2.05) is 45.0 Å². The molecule has 1 unspecified atom stereocenters. The first-order valence-electron chi connectivity index (χ1n) is 12.2. The lowest BCUT2D eigenvalue weighted by Crippen LogP contribution is -2.48. The van der Waals surface area contributed by atoms with Crippen LogP contribution >= 0.6 is 0 Å². The topological polar surface area (TPSA) is 105 Å². The van der Waals surface area contributed by atoms with E-state index in [-0.39, 0.29) is 42.2 Å². The molecule has 1 fully saturated rings. The molecule has 0 spiro atoms. The van der Waals surface area contributed by atoms with Crippen molar-refractivity contribution in [2.45, 2.75) is 64.5 Å². The summed E-state index contributed by atoms with van der Waals surface area (Å²) >= 11 is 0. The van der Waals surface area contributed by atoms with Crippen LogP contribution in [0.1, 0.15) is 63.5 Å². The number of carboxylic acid groups (broad SMARTS) is 1. The molecular weight excluding hydrogens is 444 g/mol. The molecule has 7 nitrogen and oxygen atoms in total. The maximum absolute atomic E-state index is 12.4. The number of ether oxygens (including phenoxy) is 1. The van der Waals surface area contributed by atoms with Crippen LogP contribution in [0.15, 0.2) is 48.5 Å². The Morgan fingerprint density at radius 3 is 2.11 bits per heavy atom. The number of rotatable bonds is 8. The van der Waals surface area contributed by atoms with E-state index in [1.54, 1.807) is 0 Å². The van der Waals surface area contributed by atoms with Gasteiger partial charge in [-0.15, -0.1) is 0 Å². The lowest BCUT2D eigenvalue weighted by atomic mass is 9.78. The standard InChI is InChI=1S/C28H34N2O5/c1-28(2,3)15-24(26(32)33)30-25(31)14-17-12-18(13-17)29-27(34)35-16-23-21-10-6-4-8-19(21)20-9-5-7-11-22(20)23/h4-11,17-18,23-24H,12-16H2,1-3H3,(H,29,34)(H,30,31)(H,32,33). The highest BCUT2D eigenvalue weighted by Gasteiger charge is 2.34. The minimum atomic E-state index is -1.02. The van der Waals surface area contributed by atoms with Crippen molar-refractivity contribution in [1.29, 1.82) is 0 Å². The van der Waals surface area contributed by atoms with Crippen molar-refractivity contribution >= 4 is 18.0 Å². The van der Waals surface area contributed by atoms with E-state index in [2.05, 4.69) is 34.9 Å². The van der Waals surface area contributed by atoms with Crippen molar-refractivity contribution < 1.29 is 24.2 Å². The van der Waals surface area contributed by atoms with Crippen LogP contribution in [0.4, 0.5) is 4.79 Å². The summed E-state index contributed by atoms with van der Waals surface area (Å²) < 4.78 is 5.59. The Bertz CT molecular complexity index is 1060. The van der Waals surface area contributed by atoms with Gasteiger partial charge < -0.3 is 20.5 Å². The van der Waals surface area contributed by atoms with E-state index in [0.717, 1.165) is 0 Å². The fourth-order valence-electron chi connectivity index (χ4n) is 5.15. The summed E-state index contributed by atoms with van der Waals surface area (Å²) in [6.45, 7) is 6.10. The van der Waals surface area contributed by atoms with Crippen molar-refractivity contribution in [3.05, 3.63) is 59.7 Å². The molecule has 1 atom stereocenters. The average Bonchev–Trinajstić information content (AvgIpc) is 3.08. The Balaban J connectivity index is 1.21. The van der Waals surface area contributed by atoms with Crippen LogP contribution in [0, 0.1) is 11.3 Å². The molecule has 2 aromatic carbocycles. The van der Waals surface area contributed by atoms with Crippen molar-refractivity contribution in [3.63, 3.8) is 0 Å². The number of aliphatic carboxylic acids is 1. The van der Waals surface area contributed by atoms with Gasteiger partial charge in [0.05, 0.1) is 0 Å². The van der Waals surface area contributed by atoms with Crippen LogP contribution in [0.5, 0.6) is 0 Å². The molecule has 0 aromatic heterocycles. The number of fused-ring (bicyclic) bond motifs is 3. The molecule has 186 valence electrons.